The number of carboxylic acid groups (broad SMARTS) is 1. The van der Waals surface area contributed by atoms with Crippen molar-refractivity contribution in [2.45, 2.75) is 0 Å². The number of carbonyl (C=O) groups is 1. The fourth-order valence-corrected chi connectivity index (χ4v) is 2.27. The average Bonchev–Trinajstić information content (AvgIpc) is 2.90. The van der Waals surface area contributed by atoms with Gasteiger partial charge in [-0.2, -0.15) is 0 Å². The van der Waals surface area contributed by atoms with E-state index in [1.807, 2.05) is 0 Å². The van der Waals surface area contributed by atoms with E-state index in [-0.39, 0.29) is 5.56 Å². The predicted octanol–water partition coefficient (Wildman–Crippen LogP) is 2.62. The second-order valence-corrected chi connectivity index (χ2v) is 4.90. The zero-order valence-electron chi connectivity index (χ0n) is 9.59. The zero-order chi connectivity index (χ0) is 13.4. The minimum atomic E-state index is -1.23. The minimum absolute atomic E-state index is 0.101. The molecule has 0 aliphatic heterocycles. The summed E-state index contributed by atoms with van der Waals surface area (Å²) in [4.78, 5) is 15.6. The highest BCUT2D eigenvalue weighted by Gasteiger charge is 2.10. The third kappa shape index (κ3) is 2.13. The van der Waals surface area contributed by atoms with E-state index in [0.717, 1.165) is 4.47 Å². The number of pyridine rings is 1. The Bertz CT molecular complexity index is 766. The molecule has 3 aromatic rings. The van der Waals surface area contributed by atoms with Crippen LogP contribution in [0, 0.1) is 0 Å². The third-order valence-corrected chi connectivity index (χ3v) is 3.26. The molecule has 0 bridgehead atoms. The molecule has 0 aliphatic rings. The Morgan fingerprint density at radius 3 is 2.79 bits per heavy atom. The van der Waals surface area contributed by atoms with Gasteiger partial charge in [0.2, 0.25) is 0 Å². The summed E-state index contributed by atoms with van der Waals surface area (Å²) >= 11 is 3.34. The molecule has 4 nitrogen and oxygen atoms in total. The number of hydrogen-bond donors (Lipinski definition) is 0. The Morgan fingerprint density at radius 1 is 1.26 bits per heavy atom. The number of aromatic nitrogens is 1. The second-order valence-electron chi connectivity index (χ2n) is 3.98. The fourth-order valence-electron chi connectivity index (χ4n) is 1.92. The number of benzene rings is 1. The molecule has 94 valence electrons. The molecular formula is C14H7BrNO3-. The maximum absolute atomic E-state index is 11.2. The van der Waals surface area contributed by atoms with Crippen LogP contribution in [-0.2, 0) is 0 Å². The summed E-state index contributed by atoms with van der Waals surface area (Å²) in [6.07, 6.45) is 1.51. The molecule has 0 unspecified atom stereocenters. The summed E-state index contributed by atoms with van der Waals surface area (Å²) in [5, 5.41) is 11.8. The van der Waals surface area contributed by atoms with Crippen molar-refractivity contribution in [2.24, 2.45) is 0 Å². The van der Waals surface area contributed by atoms with Gasteiger partial charge < -0.3 is 14.3 Å². The molecule has 0 radical (unpaired) electrons. The van der Waals surface area contributed by atoms with Crippen molar-refractivity contribution in [3.63, 3.8) is 0 Å². The van der Waals surface area contributed by atoms with Crippen molar-refractivity contribution in [2.75, 3.05) is 0 Å². The van der Waals surface area contributed by atoms with E-state index in [4.69, 9.17) is 4.42 Å². The normalized spacial score (nSPS) is 10.8. The first-order chi connectivity index (χ1) is 9.15. The van der Waals surface area contributed by atoms with E-state index in [9.17, 15) is 9.90 Å². The summed E-state index contributed by atoms with van der Waals surface area (Å²) in [5.41, 5.74) is 1.14. The molecule has 0 fully saturated rings. The third-order valence-electron chi connectivity index (χ3n) is 2.77. The van der Waals surface area contributed by atoms with Crippen molar-refractivity contribution in [3.05, 3.63) is 52.7 Å². The van der Waals surface area contributed by atoms with Gasteiger partial charge in [0, 0.05) is 15.4 Å². The number of furan rings is 1. The van der Waals surface area contributed by atoms with Gasteiger partial charge in [-0.1, -0.05) is 22.0 Å². The number of rotatable bonds is 2. The molecule has 0 saturated heterocycles. The van der Waals surface area contributed by atoms with E-state index in [1.54, 1.807) is 30.3 Å². The lowest BCUT2D eigenvalue weighted by atomic mass is 10.1. The summed E-state index contributed by atoms with van der Waals surface area (Å²) in [5.74, 6) is -0.716. The van der Waals surface area contributed by atoms with Crippen LogP contribution in [0.15, 0.2) is 51.6 Å². The largest absolute Gasteiger partial charge is 0.545 e. The van der Waals surface area contributed by atoms with Crippen LogP contribution in [0.2, 0.25) is 0 Å². The van der Waals surface area contributed by atoms with Crippen LogP contribution in [0.5, 0.6) is 0 Å². The van der Waals surface area contributed by atoms with E-state index < -0.39 is 5.97 Å². The van der Waals surface area contributed by atoms with Crippen molar-refractivity contribution >= 4 is 32.8 Å². The molecule has 0 spiro atoms. The number of halogens is 1. The Kier molecular flexibility index (Phi) is 2.83. The van der Waals surface area contributed by atoms with Gasteiger partial charge in [-0.15, -0.1) is 0 Å². The number of aromatic carboxylic acids is 1. The summed E-state index contributed by atoms with van der Waals surface area (Å²) in [6, 6.07) is 10.1. The molecule has 19 heavy (non-hydrogen) atoms. The first-order valence-electron chi connectivity index (χ1n) is 5.50. The molecule has 0 saturated carbocycles. The zero-order valence-corrected chi connectivity index (χ0v) is 11.2. The molecule has 0 aliphatic carbocycles. The smallest absolute Gasteiger partial charge is 0.152 e. The number of hydrogen-bond acceptors (Lipinski definition) is 4. The Balaban J connectivity index is 2.34. The lowest BCUT2D eigenvalue weighted by Crippen LogP contribution is -2.22. The van der Waals surface area contributed by atoms with Crippen LogP contribution in [-0.4, -0.2) is 11.0 Å². The SMILES string of the molecule is O=C([O-])c1cc(-c2ccco2)nc2cc(Br)ccc12. The van der Waals surface area contributed by atoms with Gasteiger partial charge in [-0.25, -0.2) is 4.98 Å². The summed E-state index contributed by atoms with van der Waals surface area (Å²) < 4.78 is 6.07. The highest BCUT2D eigenvalue weighted by Crippen LogP contribution is 2.26. The van der Waals surface area contributed by atoms with E-state index in [1.165, 1.54) is 12.3 Å². The van der Waals surface area contributed by atoms with E-state index >= 15 is 0 Å². The van der Waals surface area contributed by atoms with Crippen LogP contribution in [0.25, 0.3) is 22.4 Å². The molecule has 1 aromatic carbocycles. The number of carboxylic acids is 1. The molecule has 5 heteroatoms. The van der Waals surface area contributed by atoms with Gasteiger partial charge in [0.1, 0.15) is 5.69 Å². The minimum Gasteiger partial charge on any atom is -0.545 e. The monoisotopic (exact) mass is 316 g/mol. The summed E-state index contributed by atoms with van der Waals surface area (Å²) in [7, 11) is 0. The summed E-state index contributed by atoms with van der Waals surface area (Å²) in [6.45, 7) is 0. The van der Waals surface area contributed by atoms with Crippen molar-refractivity contribution in [1.29, 1.82) is 0 Å². The highest BCUT2D eigenvalue weighted by molar-refractivity contribution is 9.10. The lowest BCUT2D eigenvalue weighted by Gasteiger charge is -2.09. The Labute approximate surface area is 116 Å². The average molecular weight is 317 g/mol. The molecular weight excluding hydrogens is 310 g/mol. The second kappa shape index (κ2) is 4.51. The molecule has 0 amide bonds. The van der Waals surface area contributed by atoms with Crippen molar-refractivity contribution in [1.82, 2.24) is 4.98 Å². The first kappa shape index (κ1) is 11.9. The fraction of sp³-hybridized carbons (Fsp3) is 0. The number of fused-ring (bicyclic) bond motifs is 1. The molecule has 2 heterocycles. The van der Waals surface area contributed by atoms with Gasteiger partial charge in [0.15, 0.2) is 5.76 Å². The van der Waals surface area contributed by atoms with Gasteiger partial charge in [0.25, 0.3) is 0 Å². The van der Waals surface area contributed by atoms with E-state index in [2.05, 4.69) is 20.9 Å². The first-order valence-corrected chi connectivity index (χ1v) is 6.30. The highest BCUT2D eigenvalue weighted by atomic mass is 79.9. The maximum atomic E-state index is 11.2. The maximum Gasteiger partial charge on any atom is 0.152 e. The molecule has 0 N–H and O–H groups in total. The Morgan fingerprint density at radius 2 is 2.11 bits per heavy atom. The topological polar surface area (TPSA) is 66.2 Å². The number of carbonyl (C=O) groups excluding carboxylic acids is 1. The quantitative estimate of drug-likeness (QED) is 0.729. The van der Waals surface area contributed by atoms with E-state index in [0.29, 0.717) is 22.4 Å². The lowest BCUT2D eigenvalue weighted by molar-refractivity contribution is -0.254. The van der Waals surface area contributed by atoms with Crippen molar-refractivity contribution < 1.29 is 14.3 Å². The van der Waals surface area contributed by atoms with Gasteiger partial charge >= 0.3 is 0 Å². The predicted molar refractivity (Wildman–Crippen MR) is 71.5 cm³/mol. The molecule has 2 aromatic heterocycles. The standard InChI is InChI=1S/C14H8BrNO3/c15-8-3-4-9-10(14(17)18)7-12(16-11(9)6-8)13-2-1-5-19-13/h1-7H,(H,17,18)/p-1. The van der Waals surface area contributed by atoms with Gasteiger partial charge in [-0.05, 0) is 30.3 Å². The van der Waals surface area contributed by atoms with Crippen LogP contribution >= 0.6 is 15.9 Å². The number of nitrogens with zero attached hydrogens (tertiary/aromatic N) is 1. The van der Waals surface area contributed by atoms with Crippen LogP contribution < -0.4 is 5.11 Å². The van der Waals surface area contributed by atoms with Gasteiger partial charge in [-0.3, -0.25) is 0 Å². The Hall–Kier alpha value is -2.14. The van der Waals surface area contributed by atoms with Gasteiger partial charge in [0.05, 0.1) is 17.7 Å². The molecule has 0 atom stereocenters. The van der Waals surface area contributed by atoms with Crippen LogP contribution in [0.1, 0.15) is 10.4 Å². The molecule has 3 rings (SSSR count). The van der Waals surface area contributed by atoms with Crippen LogP contribution in [0.4, 0.5) is 0 Å². The van der Waals surface area contributed by atoms with Crippen LogP contribution in [0.3, 0.4) is 0 Å². The van der Waals surface area contributed by atoms with Crippen molar-refractivity contribution in [3.8, 4) is 11.5 Å².